The van der Waals surface area contributed by atoms with Crippen molar-refractivity contribution in [2.24, 2.45) is 0 Å². The number of anilines is 2. The maximum Gasteiger partial charge on any atom is 0.416 e. The molecule has 0 bridgehead atoms. The van der Waals surface area contributed by atoms with Crippen LogP contribution in [-0.4, -0.2) is 46.7 Å². The number of pyridine rings is 1. The molecular formula is C19H21F3N6O2. The van der Waals surface area contributed by atoms with Crippen LogP contribution in [0.5, 0.6) is 0 Å². The maximum atomic E-state index is 13.7. The molecule has 2 aromatic heterocycles. The maximum absolute atomic E-state index is 13.7. The number of carbonyl (C=O) groups excluding carboxylic acids is 1. The Kier molecular flexibility index (Phi) is 5.22. The lowest BCUT2D eigenvalue weighted by atomic mass is 10.0. The summed E-state index contributed by atoms with van der Waals surface area (Å²) < 4.78 is 46.3. The number of cyclic esters (lactones) is 1. The third-order valence-corrected chi connectivity index (χ3v) is 5.12. The first-order valence-corrected chi connectivity index (χ1v) is 9.66. The van der Waals surface area contributed by atoms with Gasteiger partial charge in [0.25, 0.3) is 0 Å². The van der Waals surface area contributed by atoms with Gasteiger partial charge in [0.05, 0.1) is 16.8 Å². The first-order valence-electron chi connectivity index (χ1n) is 9.66. The Morgan fingerprint density at radius 1 is 1.30 bits per heavy atom. The molecule has 1 saturated heterocycles. The van der Waals surface area contributed by atoms with Gasteiger partial charge in [0.2, 0.25) is 0 Å². The van der Waals surface area contributed by atoms with E-state index in [2.05, 4.69) is 25.6 Å². The number of fused-ring (bicyclic) bond motifs is 1. The summed E-state index contributed by atoms with van der Waals surface area (Å²) in [4.78, 5) is 26.3. The van der Waals surface area contributed by atoms with E-state index in [0.29, 0.717) is 31.6 Å². The van der Waals surface area contributed by atoms with E-state index in [4.69, 9.17) is 4.74 Å². The van der Waals surface area contributed by atoms with Crippen molar-refractivity contribution < 1.29 is 22.7 Å². The highest BCUT2D eigenvalue weighted by Crippen LogP contribution is 2.39. The second-order valence-electron chi connectivity index (χ2n) is 7.31. The molecule has 0 unspecified atom stereocenters. The predicted octanol–water partition coefficient (Wildman–Crippen LogP) is 3.37. The average Bonchev–Trinajstić information content (AvgIpc) is 2.71. The van der Waals surface area contributed by atoms with Crippen molar-refractivity contribution in [3.05, 3.63) is 29.6 Å². The molecule has 2 aliphatic heterocycles. The van der Waals surface area contributed by atoms with Gasteiger partial charge in [-0.05, 0) is 25.5 Å². The quantitative estimate of drug-likeness (QED) is 0.784. The number of piperazine rings is 1. The molecule has 11 heteroatoms. The van der Waals surface area contributed by atoms with Crippen LogP contribution in [0.4, 0.5) is 29.6 Å². The van der Waals surface area contributed by atoms with Crippen LogP contribution in [0, 0.1) is 0 Å². The van der Waals surface area contributed by atoms with Crippen LogP contribution in [0.15, 0.2) is 18.5 Å². The Morgan fingerprint density at radius 2 is 2.10 bits per heavy atom. The topological polar surface area (TPSA) is 92.3 Å². The fourth-order valence-corrected chi connectivity index (χ4v) is 3.71. The zero-order chi connectivity index (χ0) is 21.5. The van der Waals surface area contributed by atoms with Crippen molar-refractivity contribution in [3.8, 4) is 11.4 Å². The smallest absolute Gasteiger partial charge is 0.416 e. The van der Waals surface area contributed by atoms with Gasteiger partial charge in [0, 0.05) is 25.7 Å². The molecule has 2 aromatic rings. The van der Waals surface area contributed by atoms with Gasteiger partial charge in [-0.1, -0.05) is 6.92 Å². The van der Waals surface area contributed by atoms with Crippen LogP contribution in [0.2, 0.25) is 0 Å². The minimum atomic E-state index is -4.55. The van der Waals surface area contributed by atoms with Crippen molar-refractivity contribution >= 4 is 17.7 Å². The Morgan fingerprint density at radius 3 is 2.80 bits per heavy atom. The summed E-state index contributed by atoms with van der Waals surface area (Å²) in [7, 11) is 0. The average molecular weight is 422 g/mol. The van der Waals surface area contributed by atoms with Crippen molar-refractivity contribution in [2.75, 3.05) is 29.9 Å². The zero-order valence-corrected chi connectivity index (χ0v) is 16.5. The van der Waals surface area contributed by atoms with Gasteiger partial charge in [-0.25, -0.2) is 19.7 Å². The minimum absolute atomic E-state index is 0.0582. The van der Waals surface area contributed by atoms with Crippen LogP contribution in [0.25, 0.3) is 11.4 Å². The van der Waals surface area contributed by atoms with Gasteiger partial charge in [0.1, 0.15) is 29.8 Å². The number of alkyl halides is 3. The highest BCUT2D eigenvalue weighted by Gasteiger charge is 2.35. The Balaban J connectivity index is 1.86. The lowest BCUT2D eigenvalue weighted by Gasteiger charge is -2.33. The number of halogens is 3. The van der Waals surface area contributed by atoms with E-state index in [1.54, 1.807) is 6.92 Å². The number of nitrogens with zero attached hydrogens (tertiary/aromatic N) is 4. The number of carbonyl (C=O) groups is 1. The molecule has 2 aliphatic rings. The molecule has 1 amide bonds. The molecule has 0 spiro atoms. The van der Waals surface area contributed by atoms with E-state index in [1.165, 1.54) is 6.33 Å². The lowest BCUT2D eigenvalue weighted by Crippen LogP contribution is -2.49. The van der Waals surface area contributed by atoms with Gasteiger partial charge in [0.15, 0.2) is 0 Å². The highest BCUT2D eigenvalue weighted by atomic mass is 19.4. The van der Waals surface area contributed by atoms with E-state index in [0.717, 1.165) is 12.1 Å². The molecule has 2 N–H and O–H groups in total. The van der Waals surface area contributed by atoms with E-state index in [1.807, 2.05) is 11.8 Å². The van der Waals surface area contributed by atoms with Crippen LogP contribution in [-0.2, 0) is 10.9 Å². The summed E-state index contributed by atoms with van der Waals surface area (Å²) >= 11 is 0. The number of nitrogens with one attached hydrogen (secondary N) is 2. The molecule has 4 heterocycles. The number of hydrogen-bond donors (Lipinski definition) is 2. The Hall–Kier alpha value is -2.95. The standard InChI is InChI=1S/C19H21F3N6O2/c1-3-13-15-16(24-9-25-17(15)27-18(29)30-13)12-6-11(19(20,21)22)7-14(26-12)28-5-4-23-10(2)8-28/h6-7,9-10,13,23H,3-5,8H2,1-2H3,(H,24,25,27,29)/t10-,13+/m0/s1. The molecule has 0 radical (unpaired) electrons. The fraction of sp³-hybridized carbons (Fsp3) is 0.474. The van der Waals surface area contributed by atoms with Crippen molar-refractivity contribution in [1.29, 1.82) is 0 Å². The molecule has 160 valence electrons. The normalized spacial score (nSPS) is 21.6. The number of ether oxygens (including phenoxy) is 1. The predicted molar refractivity (Wildman–Crippen MR) is 103 cm³/mol. The third kappa shape index (κ3) is 3.89. The number of rotatable bonds is 3. The summed E-state index contributed by atoms with van der Waals surface area (Å²) in [5.74, 6) is 0.453. The molecule has 30 heavy (non-hydrogen) atoms. The fourth-order valence-electron chi connectivity index (χ4n) is 3.71. The highest BCUT2D eigenvalue weighted by molar-refractivity contribution is 5.88. The second kappa shape index (κ2) is 7.71. The lowest BCUT2D eigenvalue weighted by molar-refractivity contribution is -0.137. The Bertz CT molecular complexity index is 968. The second-order valence-corrected chi connectivity index (χ2v) is 7.31. The summed E-state index contributed by atoms with van der Waals surface area (Å²) in [6.45, 7) is 5.49. The van der Waals surface area contributed by atoms with Crippen molar-refractivity contribution in [3.63, 3.8) is 0 Å². The van der Waals surface area contributed by atoms with Crippen LogP contribution in [0.3, 0.4) is 0 Å². The molecule has 0 saturated carbocycles. The van der Waals surface area contributed by atoms with E-state index < -0.39 is 23.9 Å². The van der Waals surface area contributed by atoms with Crippen LogP contribution in [0.1, 0.15) is 37.5 Å². The van der Waals surface area contributed by atoms with Crippen molar-refractivity contribution in [2.45, 2.75) is 38.6 Å². The van der Waals surface area contributed by atoms with Gasteiger partial charge in [-0.15, -0.1) is 0 Å². The van der Waals surface area contributed by atoms with Gasteiger partial charge >= 0.3 is 12.3 Å². The zero-order valence-electron chi connectivity index (χ0n) is 16.5. The monoisotopic (exact) mass is 422 g/mol. The SMILES string of the molecule is CC[C@H]1OC(=O)Nc2ncnc(-c3cc(C(F)(F)F)cc(N4CCN[C@@H](C)C4)n3)c21. The summed E-state index contributed by atoms with van der Waals surface area (Å²) in [5.41, 5.74) is -0.119. The minimum Gasteiger partial charge on any atom is -0.441 e. The van der Waals surface area contributed by atoms with Crippen molar-refractivity contribution in [1.82, 2.24) is 20.3 Å². The molecule has 0 aromatic carbocycles. The Labute approximate surface area is 170 Å². The van der Waals surface area contributed by atoms with Gasteiger partial charge < -0.3 is 15.0 Å². The first kappa shape index (κ1) is 20.3. The summed E-state index contributed by atoms with van der Waals surface area (Å²) in [5, 5.41) is 5.74. The third-order valence-electron chi connectivity index (χ3n) is 5.12. The van der Waals surface area contributed by atoms with Crippen LogP contribution < -0.4 is 15.5 Å². The molecule has 1 fully saturated rings. The van der Waals surface area contributed by atoms with Gasteiger partial charge in [-0.3, -0.25) is 5.32 Å². The number of amides is 1. The van der Waals surface area contributed by atoms with E-state index in [9.17, 15) is 18.0 Å². The summed E-state index contributed by atoms with van der Waals surface area (Å²) in [6.07, 6.45) is -4.27. The molecule has 0 aliphatic carbocycles. The molecular weight excluding hydrogens is 401 g/mol. The molecule has 8 nitrogen and oxygen atoms in total. The summed E-state index contributed by atoms with van der Waals surface area (Å²) in [6, 6.07) is 2.16. The molecule has 2 atom stereocenters. The van der Waals surface area contributed by atoms with Crippen LogP contribution >= 0.6 is 0 Å². The van der Waals surface area contributed by atoms with E-state index in [-0.39, 0.29) is 29.1 Å². The van der Waals surface area contributed by atoms with E-state index >= 15 is 0 Å². The largest absolute Gasteiger partial charge is 0.441 e. The van der Waals surface area contributed by atoms with Gasteiger partial charge in [-0.2, -0.15) is 13.2 Å². The number of hydrogen-bond acceptors (Lipinski definition) is 7. The number of aromatic nitrogens is 3. The molecule has 4 rings (SSSR count). The first-order chi connectivity index (χ1) is 14.3.